The first kappa shape index (κ1) is 17.6. The van der Waals surface area contributed by atoms with Crippen molar-refractivity contribution < 1.29 is 14.2 Å². The second kappa shape index (κ2) is 10.3. The van der Waals surface area contributed by atoms with Gasteiger partial charge in [-0.2, -0.15) is 0 Å². The van der Waals surface area contributed by atoms with E-state index in [9.17, 15) is 0 Å². The van der Waals surface area contributed by atoms with Crippen molar-refractivity contribution in [3.05, 3.63) is 48.0 Å². The van der Waals surface area contributed by atoms with Crippen molar-refractivity contribution >= 4 is 11.1 Å². The first-order valence-corrected chi connectivity index (χ1v) is 7.25. The molecule has 0 fully saturated rings. The van der Waals surface area contributed by atoms with Crippen molar-refractivity contribution in [3.8, 4) is 0 Å². The Bertz CT molecular complexity index is 446. The standard InChI is InChI=1S/C18H26O3/c1-5-15(2)17-6-8-18(9-7-17)16(3)14-21-13-12-20-11-10-19-4/h5-9H,3,10-14H2,1-2,4H3/b15-5+. The summed E-state index contributed by atoms with van der Waals surface area (Å²) in [5.74, 6) is 0. The van der Waals surface area contributed by atoms with E-state index < -0.39 is 0 Å². The van der Waals surface area contributed by atoms with Crippen LogP contribution in [-0.4, -0.2) is 40.1 Å². The number of benzene rings is 1. The van der Waals surface area contributed by atoms with Crippen LogP contribution < -0.4 is 0 Å². The molecular formula is C18H26O3. The van der Waals surface area contributed by atoms with Crippen molar-refractivity contribution in [3.63, 3.8) is 0 Å². The number of rotatable bonds is 10. The molecule has 0 aliphatic rings. The Kier molecular flexibility index (Phi) is 8.67. The minimum atomic E-state index is 0.523. The van der Waals surface area contributed by atoms with Gasteiger partial charge in [0.25, 0.3) is 0 Å². The van der Waals surface area contributed by atoms with E-state index in [1.165, 1.54) is 11.1 Å². The minimum absolute atomic E-state index is 0.523. The Morgan fingerprint density at radius 3 is 2.19 bits per heavy atom. The molecule has 0 saturated carbocycles. The Morgan fingerprint density at radius 2 is 1.57 bits per heavy atom. The molecule has 0 N–H and O–H groups in total. The monoisotopic (exact) mass is 290 g/mol. The number of hydrogen-bond donors (Lipinski definition) is 0. The summed E-state index contributed by atoms with van der Waals surface area (Å²) < 4.78 is 15.8. The van der Waals surface area contributed by atoms with Gasteiger partial charge in [0.05, 0.1) is 33.0 Å². The largest absolute Gasteiger partial charge is 0.382 e. The summed E-state index contributed by atoms with van der Waals surface area (Å²) in [5, 5.41) is 0. The molecule has 3 nitrogen and oxygen atoms in total. The van der Waals surface area contributed by atoms with E-state index in [0.29, 0.717) is 33.0 Å². The quantitative estimate of drug-likeness (QED) is 0.613. The average Bonchev–Trinajstić information content (AvgIpc) is 2.53. The maximum atomic E-state index is 5.55. The van der Waals surface area contributed by atoms with Crippen molar-refractivity contribution in [2.24, 2.45) is 0 Å². The van der Waals surface area contributed by atoms with Crippen molar-refractivity contribution in [2.75, 3.05) is 40.1 Å². The molecule has 116 valence electrons. The van der Waals surface area contributed by atoms with Crippen LogP contribution in [0.25, 0.3) is 11.1 Å². The lowest BCUT2D eigenvalue weighted by Gasteiger charge is -2.09. The van der Waals surface area contributed by atoms with Gasteiger partial charge >= 0.3 is 0 Å². The zero-order chi connectivity index (χ0) is 15.5. The normalized spacial score (nSPS) is 11.7. The van der Waals surface area contributed by atoms with E-state index in [4.69, 9.17) is 14.2 Å². The molecule has 0 atom stereocenters. The fraction of sp³-hybridized carbons (Fsp3) is 0.444. The minimum Gasteiger partial charge on any atom is -0.382 e. The highest BCUT2D eigenvalue weighted by Gasteiger charge is 2.01. The summed E-state index contributed by atoms with van der Waals surface area (Å²) in [6, 6.07) is 8.40. The predicted octanol–water partition coefficient (Wildman–Crippen LogP) is 3.80. The first-order chi connectivity index (χ1) is 10.2. The third-order valence-corrected chi connectivity index (χ3v) is 3.26. The van der Waals surface area contributed by atoms with Crippen LogP contribution in [0.1, 0.15) is 25.0 Å². The molecule has 21 heavy (non-hydrogen) atoms. The number of ether oxygens (including phenoxy) is 3. The Labute approximate surface area is 128 Å². The summed E-state index contributed by atoms with van der Waals surface area (Å²) in [7, 11) is 1.66. The maximum absolute atomic E-state index is 5.55. The van der Waals surface area contributed by atoms with Crippen LogP contribution in [0.15, 0.2) is 36.9 Å². The SMILES string of the molecule is C=C(COCCOCCOC)c1ccc(/C(C)=C/C)cc1. The van der Waals surface area contributed by atoms with Gasteiger partial charge in [-0.1, -0.05) is 36.9 Å². The summed E-state index contributed by atoms with van der Waals surface area (Å²) in [6.45, 7) is 11.1. The molecule has 0 aliphatic carbocycles. The third kappa shape index (κ3) is 6.71. The van der Waals surface area contributed by atoms with Gasteiger partial charge in [0.2, 0.25) is 0 Å². The molecule has 1 aromatic carbocycles. The molecule has 0 aromatic heterocycles. The fourth-order valence-corrected chi connectivity index (χ4v) is 1.78. The van der Waals surface area contributed by atoms with Crippen LogP contribution in [0.4, 0.5) is 0 Å². The third-order valence-electron chi connectivity index (χ3n) is 3.26. The molecule has 0 aliphatic heterocycles. The van der Waals surface area contributed by atoms with Gasteiger partial charge < -0.3 is 14.2 Å². The van der Waals surface area contributed by atoms with E-state index in [0.717, 1.165) is 11.1 Å². The van der Waals surface area contributed by atoms with E-state index in [2.05, 4.69) is 43.8 Å². The lowest BCUT2D eigenvalue weighted by Crippen LogP contribution is -2.09. The summed E-state index contributed by atoms with van der Waals surface area (Å²) in [4.78, 5) is 0. The van der Waals surface area contributed by atoms with Crippen molar-refractivity contribution in [1.82, 2.24) is 0 Å². The van der Waals surface area contributed by atoms with Crippen molar-refractivity contribution in [1.29, 1.82) is 0 Å². The number of hydrogen-bond acceptors (Lipinski definition) is 3. The van der Waals surface area contributed by atoms with E-state index in [-0.39, 0.29) is 0 Å². The molecule has 0 heterocycles. The fourth-order valence-electron chi connectivity index (χ4n) is 1.78. The van der Waals surface area contributed by atoms with Gasteiger partial charge in [0, 0.05) is 7.11 Å². The highest BCUT2D eigenvalue weighted by atomic mass is 16.5. The van der Waals surface area contributed by atoms with Crippen LogP contribution in [0.2, 0.25) is 0 Å². The van der Waals surface area contributed by atoms with E-state index in [1.54, 1.807) is 7.11 Å². The lowest BCUT2D eigenvalue weighted by molar-refractivity contribution is 0.0325. The van der Waals surface area contributed by atoms with Gasteiger partial charge in [-0.25, -0.2) is 0 Å². The van der Waals surface area contributed by atoms with Crippen LogP contribution in [-0.2, 0) is 14.2 Å². The van der Waals surface area contributed by atoms with Crippen LogP contribution in [0.5, 0.6) is 0 Å². The van der Waals surface area contributed by atoms with Gasteiger partial charge in [-0.3, -0.25) is 0 Å². The molecule has 0 unspecified atom stereocenters. The van der Waals surface area contributed by atoms with E-state index in [1.807, 2.05) is 6.92 Å². The zero-order valence-corrected chi connectivity index (χ0v) is 13.4. The van der Waals surface area contributed by atoms with Crippen molar-refractivity contribution in [2.45, 2.75) is 13.8 Å². The smallest absolute Gasteiger partial charge is 0.0718 e. The highest BCUT2D eigenvalue weighted by Crippen LogP contribution is 2.18. The lowest BCUT2D eigenvalue weighted by atomic mass is 10.0. The van der Waals surface area contributed by atoms with Gasteiger partial charge in [-0.05, 0) is 36.1 Å². The molecule has 1 aromatic rings. The molecule has 0 amide bonds. The number of allylic oxidation sites excluding steroid dienone is 2. The molecule has 0 spiro atoms. The van der Waals surface area contributed by atoms with Gasteiger partial charge in [-0.15, -0.1) is 0 Å². The Hall–Kier alpha value is -1.42. The molecule has 3 heteroatoms. The second-order valence-electron chi connectivity index (χ2n) is 4.81. The maximum Gasteiger partial charge on any atom is 0.0718 e. The average molecular weight is 290 g/mol. The van der Waals surface area contributed by atoms with Crippen LogP contribution >= 0.6 is 0 Å². The molecular weight excluding hydrogens is 264 g/mol. The molecule has 0 bridgehead atoms. The summed E-state index contributed by atoms with van der Waals surface area (Å²) in [5.41, 5.74) is 4.61. The molecule has 0 saturated heterocycles. The van der Waals surface area contributed by atoms with Gasteiger partial charge in [0.15, 0.2) is 0 Å². The Balaban J connectivity index is 2.29. The Morgan fingerprint density at radius 1 is 1.00 bits per heavy atom. The molecule has 1 rings (SSSR count). The zero-order valence-electron chi connectivity index (χ0n) is 13.4. The topological polar surface area (TPSA) is 27.7 Å². The van der Waals surface area contributed by atoms with Crippen LogP contribution in [0.3, 0.4) is 0 Å². The summed E-state index contributed by atoms with van der Waals surface area (Å²) >= 11 is 0. The predicted molar refractivity (Wildman–Crippen MR) is 88.3 cm³/mol. The van der Waals surface area contributed by atoms with Crippen LogP contribution in [0, 0.1) is 0 Å². The number of methoxy groups -OCH3 is 1. The second-order valence-corrected chi connectivity index (χ2v) is 4.81. The van der Waals surface area contributed by atoms with Gasteiger partial charge in [0.1, 0.15) is 0 Å². The first-order valence-electron chi connectivity index (χ1n) is 7.25. The highest BCUT2D eigenvalue weighted by molar-refractivity contribution is 5.69. The molecule has 0 radical (unpaired) electrons. The summed E-state index contributed by atoms with van der Waals surface area (Å²) in [6.07, 6.45) is 2.11. The van der Waals surface area contributed by atoms with E-state index >= 15 is 0 Å².